The molecule has 0 radical (unpaired) electrons. The second-order valence-electron chi connectivity index (χ2n) is 17.1. The summed E-state index contributed by atoms with van der Waals surface area (Å²) in [7, 11) is 0. The average molecular weight is 936 g/mol. The highest BCUT2D eigenvalue weighted by molar-refractivity contribution is 5.98. The lowest BCUT2D eigenvalue weighted by Gasteiger charge is -2.34. The smallest absolute Gasteiger partial charge is 0.391 e. The number of halogens is 3. The number of aliphatic carboxylic acids is 2. The van der Waals surface area contributed by atoms with Crippen LogP contribution in [-0.4, -0.2) is 111 Å². The normalized spacial score (nSPS) is 14.2. The van der Waals surface area contributed by atoms with Gasteiger partial charge in [0.1, 0.15) is 36.5 Å². The zero-order valence-corrected chi connectivity index (χ0v) is 37.2. The van der Waals surface area contributed by atoms with Crippen LogP contribution in [-0.2, 0) is 56.0 Å². The number of nitrogens with zero attached hydrogens (tertiary/aromatic N) is 1. The van der Waals surface area contributed by atoms with Crippen molar-refractivity contribution < 1.29 is 71.5 Å². The van der Waals surface area contributed by atoms with Crippen LogP contribution in [0.1, 0.15) is 83.4 Å². The zero-order chi connectivity index (χ0) is 50.1. The standard InChI is InChI=1S/C43H56F3N7O13/c1-23(2)17-29(37(60)47-27(22-54)21-43(44,45)46)51-41(64)36(42(4,5)6)52-40(63)31(19-26-10-8-7-9-24(26)3)50-38(61)30(18-25-11-13-28(14-12-25)53(65)66)49-39(62)32(20-35(58)59)48-33(55)15-16-34(56)57/h7-14,22-23,27,29-32,36H,15-21H2,1-6H3,(H,47,60)(H,48,55)(H,49,62)(H,50,61)(H,51,64)(H,52,63)(H,56,57)(H,58,59)/t27?,29-,30+,31-,32-,36+/m0/s1. The Morgan fingerprint density at radius 3 is 1.73 bits per heavy atom. The average Bonchev–Trinajstić information content (AvgIpc) is 3.20. The van der Waals surface area contributed by atoms with Gasteiger partial charge in [-0.25, -0.2) is 0 Å². The Morgan fingerprint density at radius 2 is 1.23 bits per heavy atom. The van der Waals surface area contributed by atoms with Gasteiger partial charge in [0.05, 0.1) is 30.2 Å². The van der Waals surface area contributed by atoms with E-state index in [4.69, 9.17) is 5.11 Å². The SMILES string of the molecule is Cc1ccccc1C[C@H](NC(=O)[C@@H](Cc1ccc([N+](=O)[O-])cc1)NC(=O)[C@H](CC(=O)O)NC(=O)CCC(=O)O)C(=O)N[C@H](C(=O)N[C@@H](CC(C)C)C(=O)NC(C=O)CC(F)(F)F)C(C)(C)C. The lowest BCUT2D eigenvalue weighted by molar-refractivity contribution is -0.384. The fraction of sp³-hybridized carbons (Fsp3) is 0.512. The van der Waals surface area contributed by atoms with Crippen molar-refractivity contribution in [1.29, 1.82) is 0 Å². The van der Waals surface area contributed by atoms with E-state index in [1.165, 1.54) is 12.1 Å². The largest absolute Gasteiger partial charge is 0.481 e. The Hall–Kier alpha value is -6.94. The number of carboxylic acid groups (broad SMARTS) is 2. The van der Waals surface area contributed by atoms with Crippen molar-refractivity contribution in [1.82, 2.24) is 31.9 Å². The first-order valence-electron chi connectivity index (χ1n) is 20.6. The van der Waals surface area contributed by atoms with Crippen LogP contribution in [0, 0.1) is 28.4 Å². The van der Waals surface area contributed by atoms with Crippen molar-refractivity contribution in [3.8, 4) is 0 Å². The molecule has 2 aromatic carbocycles. The summed E-state index contributed by atoms with van der Waals surface area (Å²) in [6, 6.07) is 1.55. The highest BCUT2D eigenvalue weighted by Crippen LogP contribution is 2.23. The van der Waals surface area contributed by atoms with Crippen LogP contribution in [0.5, 0.6) is 0 Å². The van der Waals surface area contributed by atoms with Gasteiger partial charge in [0, 0.05) is 31.4 Å². The predicted octanol–water partition coefficient (Wildman–Crippen LogP) is 2.18. The summed E-state index contributed by atoms with van der Waals surface area (Å²) in [6.07, 6.45) is -9.56. The number of aryl methyl sites for hydroxylation is 1. The molecule has 6 atom stereocenters. The fourth-order valence-electron chi connectivity index (χ4n) is 6.42. The first-order chi connectivity index (χ1) is 30.6. The van der Waals surface area contributed by atoms with E-state index in [0.29, 0.717) is 11.1 Å². The highest BCUT2D eigenvalue weighted by atomic mass is 19.4. The molecule has 8 N–H and O–H groups in total. The van der Waals surface area contributed by atoms with Gasteiger partial charge in [-0.1, -0.05) is 71.0 Å². The number of aldehydes is 1. The number of nitro groups is 1. The van der Waals surface area contributed by atoms with Crippen molar-refractivity contribution in [2.75, 3.05) is 0 Å². The van der Waals surface area contributed by atoms with Crippen LogP contribution < -0.4 is 31.9 Å². The number of carbonyl (C=O) groups is 9. The number of carbonyl (C=O) groups excluding carboxylic acids is 7. The minimum atomic E-state index is -4.80. The predicted molar refractivity (Wildman–Crippen MR) is 228 cm³/mol. The molecule has 0 aliphatic rings. The minimum absolute atomic E-state index is 0.0834. The number of benzene rings is 2. The molecule has 362 valence electrons. The van der Waals surface area contributed by atoms with Gasteiger partial charge in [-0.2, -0.15) is 13.2 Å². The number of hydrogen-bond donors (Lipinski definition) is 8. The second-order valence-corrected chi connectivity index (χ2v) is 17.1. The number of nitrogens with one attached hydrogen (secondary N) is 6. The van der Waals surface area contributed by atoms with Crippen LogP contribution >= 0.6 is 0 Å². The minimum Gasteiger partial charge on any atom is -0.481 e. The summed E-state index contributed by atoms with van der Waals surface area (Å²) in [5.41, 5.74) is -0.0124. The van der Waals surface area contributed by atoms with Crippen molar-refractivity contribution in [3.63, 3.8) is 0 Å². The Bertz CT molecular complexity index is 2090. The number of rotatable bonds is 25. The number of alkyl halides is 3. The third-order valence-electron chi connectivity index (χ3n) is 9.83. The van der Waals surface area contributed by atoms with E-state index >= 15 is 0 Å². The molecule has 0 saturated carbocycles. The van der Waals surface area contributed by atoms with Gasteiger partial charge in [0.25, 0.3) is 5.69 Å². The van der Waals surface area contributed by atoms with E-state index in [1.807, 2.05) is 5.32 Å². The van der Waals surface area contributed by atoms with Crippen LogP contribution in [0.3, 0.4) is 0 Å². The Balaban J connectivity index is 2.59. The Kier molecular flexibility index (Phi) is 20.9. The maximum Gasteiger partial charge on any atom is 0.391 e. The molecule has 2 rings (SSSR count). The van der Waals surface area contributed by atoms with Gasteiger partial charge in [-0.15, -0.1) is 0 Å². The third kappa shape index (κ3) is 19.4. The Morgan fingerprint density at radius 1 is 0.697 bits per heavy atom. The molecule has 0 heterocycles. The summed E-state index contributed by atoms with van der Waals surface area (Å²) >= 11 is 0. The molecule has 6 amide bonds. The molecule has 0 fully saturated rings. The summed E-state index contributed by atoms with van der Waals surface area (Å²) in [6.45, 7) is 9.72. The van der Waals surface area contributed by atoms with E-state index in [2.05, 4.69) is 26.6 Å². The monoisotopic (exact) mass is 935 g/mol. The maximum atomic E-state index is 14.4. The summed E-state index contributed by atoms with van der Waals surface area (Å²) < 4.78 is 39.3. The van der Waals surface area contributed by atoms with Crippen molar-refractivity contribution >= 4 is 59.4 Å². The number of hydrogen-bond acceptors (Lipinski definition) is 11. The maximum absolute atomic E-state index is 14.4. The van der Waals surface area contributed by atoms with Crippen molar-refractivity contribution in [2.24, 2.45) is 11.3 Å². The molecule has 66 heavy (non-hydrogen) atoms. The van der Waals surface area contributed by atoms with Crippen molar-refractivity contribution in [2.45, 2.75) is 129 Å². The molecular formula is C43H56F3N7O13. The quantitative estimate of drug-likeness (QED) is 0.0403. The molecule has 0 aromatic heterocycles. The van der Waals surface area contributed by atoms with Gasteiger partial charge in [-0.05, 0) is 41.4 Å². The van der Waals surface area contributed by atoms with Gasteiger partial charge in [-0.3, -0.25) is 48.5 Å². The number of nitro benzene ring substituents is 1. The molecule has 0 spiro atoms. The molecule has 0 aliphatic heterocycles. The van der Waals surface area contributed by atoms with E-state index in [9.17, 15) is 71.5 Å². The lowest BCUT2D eigenvalue weighted by Crippen LogP contribution is -2.62. The van der Waals surface area contributed by atoms with E-state index in [1.54, 1.807) is 65.8 Å². The molecule has 2 aromatic rings. The number of carboxylic acids is 2. The third-order valence-corrected chi connectivity index (χ3v) is 9.83. The lowest BCUT2D eigenvalue weighted by atomic mass is 9.85. The van der Waals surface area contributed by atoms with Crippen LogP contribution in [0.25, 0.3) is 0 Å². The zero-order valence-electron chi connectivity index (χ0n) is 37.2. The van der Waals surface area contributed by atoms with Gasteiger partial charge < -0.3 is 46.9 Å². The van der Waals surface area contributed by atoms with Gasteiger partial charge in [0.2, 0.25) is 35.4 Å². The molecule has 23 heteroatoms. The summed E-state index contributed by atoms with van der Waals surface area (Å²) in [4.78, 5) is 127. The second kappa shape index (κ2) is 24.9. The first kappa shape index (κ1) is 55.2. The van der Waals surface area contributed by atoms with E-state index in [-0.39, 0.29) is 36.3 Å². The summed E-state index contributed by atoms with van der Waals surface area (Å²) in [5.74, 6) is -9.47. The summed E-state index contributed by atoms with van der Waals surface area (Å²) in [5, 5.41) is 43.9. The van der Waals surface area contributed by atoms with Crippen LogP contribution in [0.15, 0.2) is 48.5 Å². The number of non-ortho nitro benzene ring substituents is 1. The van der Waals surface area contributed by atoms with Gasteiger partial charge >= 0.3 is 18.1 Å². The molecule has 20 nitrogen and oxygen atoms in total. The molecule has 0 aliphatic carbocycles. The first-order valence-corrected chi connectivity index (χ1v) is 20.6. The molecule has 0 bridgehead atoms. The fourth-order valence-corrected chi connectivity index (χ4v) is 6.42. The number of amides is 6. The Labute approximate surface area is 377 Å². The molecular weight excluding hydrogens is 880 g/mol. The van der Waals surface area contributed by atoms with Gasteiger partial charge in [0.15, 0.2) is 0 Å². The van der Waals surface area contributed by atoms with Crippen LogP contribution in [0.2, 0.25) is 0 Å². The molecule has 0 saturated heterocycles. The highest BCUT2D eigenvalue weighted by Gasteiger charge is 2.39. The van der Waals surface area contributed by atoms with E-state index < -0.39 is 132 Å². The topological polar surface area (TPSA) is 309 Å². The van der Waals surface area contributed by atoms with Crippen LogP contribution in [0.4, 0.5) is 18.9 Å². The molecule has 1 unspecified atom stereocenters. The van der Waals surface area contributed by atoms with E-state index in [0.717, 1.165) is 12.1 Å². The van der Waals surface area contributed by atoms with Crippen molar-refractivity contribution in [3.05, 3.63) is 75.3 Å².